The summed E-state index contributed by atoms with van der Waals surface area (Å²) in [5.74, 6) is 1.41. The molecule has 1 amide bonds. The van der Waals surface area contributed by atoms with E-state index in [0.717, 1.165) is 18.5 Å². The van der Waals surface area contributed by atoms with Crippen LogP contribution in [0.25, 0.3) is 0 Å². The predicted molar refractivity (Wildman–Crippen MR) is 105 cm³/mol. The Hall–Kier alpha value is -2.31. The highest BCUT2D eigenvalue weighted by atomic mass is 16.5. The number of ether oxygens (including phenoxy) is 1. The van der Waals surface area contributed by atoms with Crippen LogP contribution in [0, 0.1) is 0 Å². The number of carbonyl (C=O) groups is 1. The van der Waals surface area contributed by atoms with Gasteiger partial charge >= 0.3 is 0 Å². The lowest BCUT2D eigenvalue weighted by Gasteiger charge is -2.25. The predicted octanol–water partition coefficient (Wildman–Crippen LogP) is 2.14. The number of nitrogens with zero attached hydrogens (tertiary/aromatic N) is 4. The number of guanidine groups is 1. The maximum Gasteiger partial charge on any atom is 0.242 e. The van der Waals surface area contributed by atoms with E-state index in [1.165, 1.54) is 0 Å². The summed E-state index contributed by atoms with van der Waals surface area (Å²) in [5, 5.41) is 3.24. The molecule has 146 valence electrons. The maximum absolute atomic E-state index is 12.3. The third-order valence-electron chi connectivity index (χ3n) is 3.88. The number of likely N-dealkylation sites (N-methyl/N-ethyl adjacent to an activating group) is 2. The van der Waals surface area contributed by atoms with Crippen molar-refractivity contribution >= 4 is 11.9 Å². The summed E-state index contributed by atoms with van der Waals surface area (Å²) in [7, 11) is 1.88. The zero-order valence-corrected chi connectivity index (χ0v) is 16.8. The fraction of sp³-hybridized carbons (Fsp3) is 0.632. The fourth-order valence-electron chi connectivity index (χ4n) is 2.46. The van der Waals surface area contributed by atoms with E-state index >= 15 is 0 Å². The van der Waals surface area contributed by atoms with Crippen LogP contribution in [0.5, 0.6) is 5.88 Å². The Kier molecular flexibility index (Phi) is 10.1. The molecule has 0 bridgehead atoms. The van der Waals surface area contributed by atoms with Crippen LogP contribution in [0.2, 0.25) is 0 Å². The molecule has 1 aromatic heterocycles. The smallest absolute Gasteiger partial charge is 0.242 e. The minimum absolute atomic E-state index is 0.0939. The highest BCUT2D eigenvalue weighted by Crippen LogP contribution is 2.15. The maximum atomic E-state index is 12.3. The Bertz CT molecular complexity index is 573. The lowest BCUT2D eigenvalue weighted by molar-refractivity contribution is -0.131. The number of rotatable bonds is 10. The number of pyridine rings is 1. The SMILES string of the molecule is CCCOc1ncccc1CN=C(NCC)N(C)CC(=O)N(CC)CC. The topological polar surface area (TPSA) is 70.1 Å². The average Bonchev–Trinajstić information content (AvgIpc) is 2.65. The molecule has 1 N–H and O–H groups in total. The quantitative estimate of drug-likeness (QED) is 0.509. The van der Waals surface area contributed by atoms with E-state index < -0.39 is 0 Å². The minimum Gasteiger partial charge on any atom is -0.477 e. The van der Waals surface area contributed by atoms with Crippen LogP contribution in [0.1, 0.15) is 39.7 Å². The van der Waals surface area contributed by atoms with Crippen molar-refractivity contribution in [2.75, 3.05) is 39.8 Å². The van der Waals surface area contributed by atoms with E-state index in [0.29, 0.717) is 44.6 Å². The molecule has 7 heteroatoms. The Morgan fingerprint density at radius 3 is 2.62 bits per heavy atom. The first-order valence-corrected chi connectivity index (χ1v) is 9.41. The van der Waals surface area contributed by atoms with Gasteiger partial charge in [-0.25, -0.2) is 9.98 Å². The van der Waals surface area contributed by atoms with Crippen LogP contribution in [0.4, 0.5) is 0 Å². The van der Waals surface area contributed by atoms with Crippen LogP contribution in [-0.2, 0) is 11.3 Å². The summed E-state index contributed by atoms with van der Waals surface area (Å²) in [5.41, 5.74) is 0.930. The summed E-state index contributed by atoms with van der Waals surface area (Å²) in [6, 6.07) is 3.84. The van der Waals surface area contributed by atoms with E-state index in [4.69, 9.17) is 4.74 Å². The summed E-state index contributed by atoms with van der Waals surface area (Å²) in [6.45, 7) is 11.6. The van der Waals surface area contributed by atoms with Gasteiger partial charge in [-0.05, 0) is 33.3 Å². The van der Waals surface area contributed by atoms with Crippen LogP contribution in [0.15, 0.2) is 23.3 Å². The van der Waals surface area contributed by atoms with Crippen molar-refractivity contribution in [1.29, 1.82) is 0 Å². The van der Waals surface area contributed by atoms with E-state index in [9.17, 15) is 4.79 Å². The van der Waals surface area contributed by atoms with Crippen molar-refractivity contribution in [3.05, 3.63) is 23.9 Å². The van der Waals surface area contributed by atoms with Crippen molar-refractivity contribution in [2.45, 2.75) is 40.7 Å². The molecule has 7 nitrogen and oxygen atoms in total. The van der Waals surface area contributed by atoms with Crippen molar-refractivity contribution in [2.24, 2.45) is 4.99 Å². The second-order valence-electron chi connectivity index (χ2n) is 5.91. The van der Waals surface area contributed by atoms with E-state index in [2.05, 4.69) is 22.2 Å². The first-order chi connectivity index (χ1) is 12.6. The van der Waals surface area contributed by atoms with Crippen molar-refractivity contribution in [3.63, 3.8) is 0 Å². The van der Waals surface area contributed by atoms with Gasteiger partial charge in [0.2, 0.25) is 11.8 Å². The van der Waals surface area contributed by atoms with Gasteiger partial charge in [0.15, 0.2) is 5.96 Å². The van der Waals surface area contributed by atoms with Crippen LogP contribution in [0.3, 0.4) is 0 Å². The first kappa shape index (κ1) is 21.7. The Morgan fingerprint density at radius 2 is 2.00 bits per heavy atom. The molecule has 0 saturated heterocycles. The highest BCUT2D eigenvalue weighted by Gasteiger charge is 2.15. The number of carbonyl (C=O) groups excluding carboxylic acids is 1. The molecule has 0 fully saturated rings. The Labute approximate surface area is 157 Å². The number of hydrogen-bond acceptors (Lipinski definition) is 4. The van der Waals surface area contributed by atoms with Crippen LogP contribution >= 0.6 is 0 Å². The molecular weight excluding hydrogens is 330 g/mol. The summed E-state index contributed by atoms with van der Waals surface area (Å²) in [6.07, 6.45) is 2.65. The van der Waals surface area contributed by atoms with Gasteiger partial charge in [0.05, 0.1) is 19.7 Å². The average molecular weight is 364 g/mol. The van der Waals surface area contributed by atoms with Gasteiger partial charge in [-0.1, -0.05) is 13.0 Å². The summed E-state index contributed by atoms with van der Waals surface area (Å²) >= 11 is 0. The van der Waals surface area contributed by atoms with Gasteiger partial charge in [0, 0.05) is 38.4 Å². The van der Waals surface area contributed by atoms with E-state index in [-0.39, 0.29) is 5.91 Å². The van der Waals surface area contributed by atoms with Crippen molar-refractivity contribution in [3.8, 4) is 5.88 Å². The normalized spacial score (nSPS) is 11.2. The third kappa shape index (κ3) is 6.90. The second-order valence-corrected chi connectivity index (χ2v) is 5.91. The number of hydrogen-bond donors (Lipinski definition) is 1. The molecule has 26 heavy (non-hydrogen) atoms. The lowest BCUT2D eigenvalue weighted by Crippen LogP contribution is -2.45. The molecule has 1 heterocycles. The molecular formula is C19H33N5O2. The number of nitrogens with one attached hydrogen (secondary N) is 1. The lowest BCUT2D eigenvalue weighted by atomic mass is 10.3. The Balaban J connectivity index is 2.84. The third-order valence-corrected chi connectivity index (χ3v) is 3.88. The highest BCUT2D eigenvalue weighted by molar-refractivity contribution is 5.86. The fourth-order valence-corrected chi connectivity index (χ4v) is 2.46. The minimum atomic E-state index is 0.0939. The van der Waals surface area contributed by atoms with E-state index in [1.54, 1.807) is 6.20 Å². The number of aromatic nitrogens is 1. The number of aliphatic imine (C=N–C) groups is 1. The van der Waals surface area contributed by atoms with Crippen molar-refractivity contribution in [1.82, 2.24) is 20.1 Å². The van der Waals surface area contributed by atoms with E-state index in [1.807, 2.05) is 49.8 Å². The summed E-state index contributed by atoms with van der Waals surface area (Å²) < 4.78 is 5.69. The monoisotopic (exact) mass is 363 g/mol. The number of amides is 1. The zero-order chi connectivity index (χ0) is 19.4. The molecule has 0 aliphatic heterocycles. The van der Waals surface area contributed by atoms with Crippen LogP contribution in [-0.4, -0.2) is 66.5 Å². The molecule has 0 aromatic carbocycles. The standard InChI is InChI=1S/C19H33N5O2/c1-6-13-26-18-16(11-10-12-21-18)14-22-19(20-7-2)23(5)15-17(25)24(8-3)9-4/h10-12H,6-9,13-15H2,1-5H3,(H,20,22). The van der Waals surface area contributed by atoms with Gasteiger partial charge in [0.25, 0.3) is 0 Å². The molecule has 0 unspecified atom stereocenters. The van der Waals surface area contributed by atoms with Gasteiger partial charge in [-0.15, -0.1) is 0 Å². The summed E-state index contributed by atoms with van der Waals surface area (Å²) in [4.78, 5) is 25.0. The molecule has 0 aliphatic rings. The molecule has 1 aromatic rings. The molecule has 0 spiro atoms. The van der Waals surface area contributed by atoms with Crippen LogP contribution < -0.4 is 10.1 Å². The van der Waals surface area contributed by atoms with Crippen molar-refractivity contribution < 1.29 is 9.53 Å². The second kappa shape index (κ2) is 12.1. The zero-order valence-electron chi connectivity index (χ0n) is 16.8. The molecule has 0 saturated carbocycles. The molecule has 0 atom stereocenters. The van der Waals surface area contributed by atoms with Gasteiger partial charge in [-0.3, -0.25) is 4.79 Å². The van der Waals surface area contributed by atoms with Gasteiger partial charge in [-0.2, -0.15) is 0 Å². The molecule has 0 radical (unpaired) electrons. The largest absolute Gasteiger partial charge is 0.477 e. The Morgan fingerprint density at radius 1 is 1.27 bits per heavy atom. The molecule has 0 aliphatic carbocycles. The molecule has 1 rings (SSSR count). The van der Waals surface area contributed by atoms with Gasteiger partial charge < -0.3 is 19.9 Å². The first-order valence-electron chi connectivity index (χ1n) is 9.41. The van der Waals surface area contributed by atoms with Gasteiger partial charge in [0.1, 0.15) is 0 Å².